The van der Waals surface area contributed by atoms with E-state index in [9.17, 15) is 13.6 Å². The van der Waals surface area contributed by atoms with Crippen LogP contribution in [0.3, 0.4) is 0 Å². The molecule has 1 aliphatic heterocycles. The maximum absolute atomic E-state index is 13.3. The van der Waals surface area contributed by atoms with Crippen molar-refractivity contribution in [3.63, 3.8) is 0 Å². The van der Waals surface area contributed by atoms with Crippen LogP contribution < -0.4 is 10.6 Å². The Balaban J connectivity index is 2.05. The highest BCUT2D eigenvalue weighted by Crippen LogP contribution is 2.40. The standard InChI is InChI=1S/C13H14F2N2O/c14-8-5-10-11(6-9(8)15)17-13(3-1-2-4-13)7-12(18)16-10/h5-6,17H,1-4,7H2,(H,16,18). The second-order valence-electron chi connectivity index (χ2n) is 5.15. The molecule has 5 heteroatoms. The zero-order chi connectivity index (χ0) is 12.8. The third kappa shape index (κ3) is 1.83. The van der Waals surface area contributed by atoms with E-state index in [0.717, 1.165) is 37.8 Å². The van der Waals surface area contributed by atoms with E-state index in [1.54, 1.807) is 0 Å². The zero-order valence-corrected chi connectivity index (χ0v) is 9.85. The van der Waals surface area contributed by atoms with E-state index < -0.39 is 11.6 Å². The lowest BCUT2D eigenvalue weighted by atomic mass is 9.93. The highest BCUT2D eigenvalue weighted by atomic mass is 19.2. The van der Waals surface area contributed by atoms with Crippen LogP contribution in [0.4, 0.5) is 20.2 Å². The van der Waals surface area contributed by atoms with E-state index in [1.807, 2.05) is 0 Å². The maximum Gasteiger partial charge on any atom is 0.226 e. The summed E-state index contributed by atoms with van der Waals surface area (Å²) in [5.41, 5.74) is 0.504. The van der Waals surface area contributed by atoms with E-state index in [0.29, 0.717) is 17.8 Å². The molecule has 0 atom stereocenters. The molecule has 0 radical (unpaired) electrons. The van der Waals surface area contributed by atoms with Crippen molar-refractivity contribution in [2.24, 2.45) is 0 Å². The van der Waals surface area contributed by atoms with Crippen molar-refractivity contribution in [2.75, 3.05) is 10.6 Å². The highest BCUT2D eigenvalue weighted by Gasteiger charge is 2.38. The molecule has 1 heterocycles. The van der Waals surface area contributed by atoms with Gasteiger partial charge in [0.1, 0.15) is 0 Å². The fraction of sp³-hybridized carbons (Fsp3) is 0.462. The second kappa shape index (κ2) is 3.93. The number of nitrogens with one attached hydrogen (secondary N) is 2. The molecule has 1 spiro atoms. The van der Waals surface area contributed by atoms with E-state index in [-0.39, 0.29) is 11.4 Å². The lowest BCUT2D eigenvalue weighted by Gasteiger charge is -2.28. The van der Waals surface area contributed by atoms with Crippen LogP contribution in [0.25, 0.3) is 0 Å². The normalized spacial score (nSPS) is 21.1. The third-order valence-electron chi connectivity index (χ3n) is 3.79. The van der Waals surface area contributed by atoms with E-state index in [1.165, 1.54) is 0 Å². The monoisotopic (exact) mass is 252 g/mol. The minimum Gasteiger partial charge on any atom is -0.377 e. The molecule has 96 valence electrons. The maximum atomic E-state index is 13.3. The summed E-state index contributed by atoms with van der Waals surface area (Å²) in [6.45, 7) is 0. The molecule has 0 unspecified atom stereocenters. The number of halogens is 2. The highest BCUT2D eigenvalue weighted by molar-refractivity contribution is 5.97. The number of benzene rings is 1. The summed E-state index contributed by atoms with van der Waals surface area (Å²) in [7, 11) is 0. The first-order valence-corrected chi connectivity index (χ1v) is 6.15. The number of carbonyl (C=O) groups is 1. The summed E-state index contributed by atoms with van der Waals surface area (Å²) in [6, 6.07) is 2.15. The van der Waals surface area contributed by atoms with Gasteiger partial charge in [-0.3, -0.25) is 4.79 Å². The molecular formula is C13H14F2N2O. The van der Waals surface area contributed by atoms with Gasteiger partial charge in [-0.15, -0.1) is 0 Å². The number of rotatable bonds is 0. The summed E-state index contributed by atoms with van der Waals surface area (Å²) < 4.78 is 26.5. The first kappa shape index (κ1) is 11.4. The van der Waals surface area contributed by atoms with Crippen LogP contribution in [0.5, 0.6) is 0 Å². The van der Waals surface area contributed by atoms with Gasteiger partial charge in [-0.2, -0.15) is 0 Å². The molecule has 0 bridgehead atoms. The molecule has 2 aliphatic rings. The minimum atomic E-state index is -0.946. The molecule has 1 fully saturated rings. The summed E-state index contributed by atoms with van der Waals surface area (Å²) in [5.74, 6) is -1.99. The smallest absolute Gasteiger partial charge is 0.226 e. The molecule has 0 aromatic heterocycles. The van der Waals surface area contributed by atoms with Gasteiger partial charge >= 0.3 is 0 Å². The van der Waals surface area contributed by atoms with E-state index in [4.69, 9.17) is 0 Å². The quantitative estimate of drug-likeness (QED) is 0.745. The molecule has 1 saturated carbocycles. The van der Waals surface area contributed by atoms with Crippen molar-refractivity contribution in [1.82, 2.24) is 0 Å². The Labute approximate surface area is 104 Å². The van der Waals surface area contributed by atoms with Crippen molar-refractivity contribution in [3.8, 4) is 0 Å². The van der Waals surface area contributed by atoms with Crippen LogP contribution >= 0.6 is 0 Å². The van der Waals surface area contributed by atoms with Gasteiger partial charge in [0.2, 0.25) is 5.91 Å². The molecule has 18 heavy (non-hydrogen) atoms. The fourth-order valence-electron chi connectivity index (χ4n) is 2.94. The number of anilines is 2. The number of amides is 1. The molecule has 1 aromatic rings. The van der Waals surface area contributed by atoms with Crippen LogP contribution in [0.2, 0.25) is 0 Å². The molecular weight excluding hydrogens is 238 g/mol. The number of carbonyl (C=O) groups excluding carboxylic acids is 1. The van der Waals surface area contributed by atoms with Gasteiger partial charge in [0, 0.05) is 24.1 Å². The van der Waals surface area contributed by atoms with Gasteiger partial charge in [-0.05, 0) is 12.8 Å². The Hall–Kier alpha value is -1.65. The lowest BCUT2D eigenvalue weighted by Crippen LogP contribution is -2.36. The zero-order valence-electron chi connectivity index (χ0n) is 9.85. The largest absolute Gasteiger partial charge is 0.377 e. The SMILES string of the molecule is O=C1CC2(CCCC2)Nc2cc(F)c(F)cc2N1. The van der Waals surface area contributed by atoms with Gasteiger partial charge in [0.25, 0.3) is 0 Å². The van der Waals surface area contributed by atoms with Crippen molar-refractivity contribution in [1.29, 1.82) is 0 Å². The van der Waals surface area contributed by atoms with Gasteiger partial charge in [-0.25, -0.2) is 8.78 Å². The molecule has 1 amide bonds. The first-order valence-electron chi connectivity index (χ1n) is 6.15. The average Bonchev–Trinajstić information content (AvgIpc) is 2.68. The second-order valence-corrected chi connectivity index (χ2v) is 5.15. The lowest BCUT2D eigenvalue weighted by molar-refractivity contribution is -0.117. The Morgan fingerprint density at radius 1 is 1.06 bits per heavy atom. The van der Waals surface area contributed by atoms with Crippen LogP contribution in [-0.2, 0) is 4.79 Å². The summed E-state index contributed by atoms with van der Waals surface area (Å²) in [6.07, 6.45) is 4.24. The average molecular weight is 252 g/mol. The van der Waals surface area contributed by atoms with E-state index in [2.05, 4.69) is 10.6 Å². The first-order chi connectivity index (χ1) is 8.58. The predicted molar refractivity (Wildman–Crippen MR) is 64.4 cm³/mol. The minimum absolute atomic E-state index is 0.144. The Kier molecular flexibility index (Phi) is 2.50. The predicted octanol–water partition coefficient (Wildman–Crippen LogP) is 3.03. The summed E-state index contributed by atoms with van der Waals surface area (Å²) in [4.78, 5) is 11.8. The molecule has 3 nitrogen and oxygen atoms in total. The number of fused-ring (bicyclic) bond motifs is 1. The van der Waals surface area contributed by atoms with Crippen molar-refractivity contribution in [2.45, 2.75) is 37.6 Å². The Morgan fingerprint density at radius 3 is 2.33 bits per heavy atom. The van der Waals surface area contributed by atoms with E-state index >= 15 is 0 Å². The van der Waals surface area contributed by atoms with Gasteiger partial charge in [0.05, 0.1) is 11.4 Å². The van der Waals surface area contributed by atoms with Crippen LogP contribution in [-0.4, -0.2) is 11.4 Å². The van der Waals surface area contributed by atoms with Crippen molar-refractivity contribution < 1.29 is 13.6 Å². The fourth-order valence-corrected chi connectivity index (χ4v) is 2.94. The van der Waals surface area contributed by atoms with Crippen molar-refractivity contribution in [3.05, 3.63) is 23.8 Å². The molecule has 2 N–H and O–H groups in total. The Morgan fingerprint density at radius 2 is 1.67 bits per heavy atom. The third-order valence-corrected chi connectivity index (χ3v) is 3.79. The summed E-state index contributed by atoms with van der Waals surface area (Å²) >= 11 is 0. The molecule has 1 aliphatic carbocycles. The molecule has 3 rings (SSSR count). The summed E-state index contributed by atoms with van der Waals surface area (Å²) in [5, 5.41) is 5.88. The topological polar surface area (TPSA) is 41.1 Å². The molecule has 0 saturated heterocycles. The van der Waals surface area contributed by atoms with Gasteiger partial charge in [0.15, 0.2) is 11.6 Å². The number of hydrogen-bond donors (Lipinski definition) is 2. The van der Waals surface area contributed by atoms with Crippen LogP contribution in [0, 0.1) is 11.6 Å². The van der Waals surface area contributed by atoms with Gasteiger partial charge < -0.3 is 10.6 Å². The van der Waals surface area contributed by atoms with Crippen molar-refractivity contribution >= 4 is 17.3 Å². The molecule has 1 aromatic carbocycles. The van der Waals surface area contributed by atoms with Gasteiger partial charge in [-0.1, -0.05) is 12.8 Å². The number of hydrogen-bond acceptors (Lipinski definition) is 2. The van der Waals surface area contributed by atoms with Crippen LogP contribution in [0.15, 0.2) is 12.1 Å². The van der Waals surface area contributed by atoms with Crippen LogP contribution in [0.1, 0.15) is 32.1 Å². The Bertz CT molecular complexity index is 510.